The molecule has 44 nitrogen and oxygen atoms in total. The summed E-state index contributed by atoms with van der Waals surface area (Å²) in [7, 11) is 0. The Balaban J connectivity index is 1.57. The van der Waals surface area contributed by atoms with Gasteiger partial charge in [-0.05, 0) is 6.92 Å². The SMILES string of the molecule is CC(=O)NC1C(O)CC(OCC2OC(OC3C(O)C(CO)OC(OC(C(O)CO)C(O)C(O)C=O)C3O)C(NC(C)=O)C(OC3OC(CO)C(O)C(OC4(C(=O)O)CC(O)C(NC(C)=O)C(C(O)C(O)CO)O4)C3O)C2OC2OC(C)C(O)C(O)C2O)(C(=O)O)OC1C(O)C(O)CO. The van der Waals surface area contributed by atoms with Crippen LogP contribution in [0.5, 0.6) is 0 Å². The van der Waals surface area contributed by atoms with Gasteiger partial charge in [-0.3, -0.25) is 14.4 Å². The van der Waals surface area contributed by atoms with E-state index in [1.165, 1.54) is 0 Å². The van der Waals surface area contributed by atoms with Crippen molar-refractivity contribution in [2.45, 2.75) is 260 Å². The summed E-state index contributed by atoms with van der Waals surface area (Å²) in [5.41, 5.74) is 0. The molecule has 566 valence electrons. The second-order valence-electron chi connectivity index (χ2n) is 24.3. The van der Waals surface area contributed by atoms with E-state index in [-0.39, 0.29) is 6.29 Å². The van der Waals surface area contributed by atoms with Crippen molar-refractivity contribution in [3.8, 4) is 0 Å². The molecule has 0 aromatic heterocycles. The normalized spacial score (nSPS) is 42.6. The van der Waals surface area contributed by atoms with E-state index in [1.54, 1.807) is 0 Å². The molecule has 0 aromatic rings. The number of carboxylic acids is 2. The van der Waals surface area contributed by atoms with E-state index in [1.807, 2.05) is 0 Å². The molecule has 36 unspecified atom stereocenters. The number of aldehydes is 1. The Labute approximate surface area is 553 Å². The molecule has 6 rings (SSSR count). The first-order chi connectivity index (χ1) is 45.9. The molecule has 44 heteroatoms. The van der Waals surface area contributed by atoms with Crippen molar-refractivity contribution in [2.24, 2.45) is 0 Å². The molecule has 0 radical (unpaired) electrons. The maximum absolute atomic E-state index is 13.7. The number of aliphatic carboxylic acids is 2. The van der Waals surface area contributed by atoms with E-state index in [2.05, 4.69) is 16.0 Å². The van der Waals surface area contributed by atoms with Crippen LogP contribution < -0.4 is 16.0 Å². The molecule has 0 aromatic carbocycles. The second-order valence-corrected chi connectivity index (χ2v) is 24.3. The molecule has 36 atom stereocenters. The van der Waals surface area contributed by atoms with Crippen LogP contribution in [0.25, 0.3) is 0 Å². The predicted molar refractivity (Wildman–Crippen MR) is 301 cm³/mol. The Kier molecular flexibility index (Phi) is 29.7. The van der Waals surface area contributed by atoms with Crippen LogP contribution in [-0.2, 0) is 85.6 Å². The lowest BCUT2D eigenvalue weighted by Crippen LogP contribution is -2.72. The lowest BCUT2D eigenvalue weighted by Gasteiger charge is -2.53. The number of amides is 3. The number of hydrogen-bond donors (Lipinski definition) is 26. The first-order valence-electron chi connectivity index (χ1n) is 30.5. The van der Waals surface area contributed by atoms with Gasteiger partial charge in [0.15, 0.2) is 31.4 Å². The zero-order valence-corrected chi connectivity index (χ0v) is 52.5. The summed E-state index contributed by atoms with van der Waals surface area (Å²) < 4.78 is 71.1. The average molecular weight is 1440 g/mol. The number of nitrogens with one attached hydrogen (secondary N) is 3. The van der Waals surface area contributed by atoms with Crippen molar-refractivity contribution in [1.82, 2.24) is 16.0 Å². The van der Waals surface area contributed by atoms with Gasteiger partial charge in [-0.15, -0.1) is 0 Å². The lowest BCUT2D eigenvalue weighted by atomic mass is 9.88. The minimum absolute atomic E-state index is 0.228. The third kappa shape index (κ3) is 18.4. The van der Waals surface area contributed by atoms with Gasteiger partial charge in [0.25, 0.3) is 11.6 Å². The topological polar surface area (TPSA) is 715 Å². The summed E-state index contributed by atoms with van der Waals surface area (Å²) in [4.78, 5) is 77.0. The molecule has 0 saturated carbocycles. The maximum atomic E-state index is 13.7. The summed E-state index contributed by atoms with van der Waals surface area (Å²) >= 11 is 0. The number of carbonyl (C=O) groups excluding carboxylic acids is 4. The van der Waals surface area contributed by atoms with Gasteiger partial charge in [0.05, 0.1) is 70.0 Å². The van der Waals surface area contributed by atoms with Gasteiger partial charge in [-0.25, -0.2) is 9.59 Å². The average Bonchev–Trinajstić information content (AvgIpc) is 0.759. The van der Waals surface area contributed by atoms with Crippen molar-refractivity contribution >= 4 is 35.9 Å². The lowest BCUT2D eigenvalue weighted by molar-refractivity contribution is -0.400. The highest BCUT2D eigenvalue weighted by molar-refractivity contribution is 5.77. The van der Waals surface area contributed by atoms with E-state index in [0.717, 1.165) is 27.7 Å². The van der Waals surface area contributed by atoms with Crippen LogP contribution in [0, 0.1) is 0 Å². The van der Waals surface area contributed by atoms with E-state index in [0.29, 0.717) is 0 Å². The molecule has 6 heterocycles. The number of aliphatic hydroxyl groups is 21. The van der Waals surface area contributed by atoms with E-state index >= 15 is 0 Å². The molecule has 6 aliphatic rings. The largest absolute Gasteiger partial charge is 0.477 e. The van der Waals surface area contributed by atoms with E-state index in [4.69, 9.17) is 56.8 Å². The van der Waals surface area contributed by atoms with Gasteiger partial charge >= 0.3 is 11.9 Å². The summed E-state index contributed by atoms with van der Waals surface area (Å²) in [6.07, 6.45) is -74.9. The standard InChI is InChI=1S/C54H89N3O41/c1-14-30(73)36(79)37(80)48(88-14)93-41-26(13-87-53(51(83)84)5-18(67)27(55-15(2)64)42(96-53)32(75)21(70)8-59)91-47(95-45-34(77)24(11-62)89-49(38(45)81)92-40(23(72)10-61)31(74)20(69)7-58)29(57-17(4)66)44(41)94-50-39(82)46(35(78)25(12-63)90-50)98-54(52(85)86)6-19(68)28(56-16(3)65)43(97-54)33(76)22(71)9-60/h7,14,18-50,59-63,67-82H,5-6,8-13H2,1-4H3,(H,55,64)(H,56,65)(H,57,66)(H,83,84)(H,85,86). The summed E-state index contributed by atoms with van der Waals surface area (Å²) in [5, 5.41) is 259. The third-order valence-electron chi connectivity index (χ3n) is 17.2. The zero-order chi connectivity index (χ0) is 73.5. The smallest absolute Gasteiger partial charge is 0.364 e. The molecule has 6 saturated heterocycles. The number of ether oxygens (including phenoxy) is 12. The molecule has 6 aliphatic heterocycles. The van der Waals surface area contributed by atoms with Gasteiger partial charge in [-0.1, -0.05) is 0 Å². The molecule has 3 amide bonds. The van der Waals surface area contributed by atoms with Crippen LogP contribution in [-0.4, -0.2) is 413 Å². The minimum atomic E-state index is -3.44. The van der Waals surface area contributed by atoms with Crippen LogP contribution >= 0.6 is 0 Å². The quantitative estimate of drug-likeness (QED) is 0.0287. The molecular formula is C54H89N3O41. The Bertz CT molecular complexity index is 2610. The first-order valence-corrected chi connectivity index (χ1v) is 30.5. The fraction of sp³-hybridized carbons (Fsp3) is 0.889. The molecular weight excluding hydrogens is 1350 g/mol. The van der Waals surface area contributed by atoms with E-state index < -0.39 is 302 Å². The highest BCUT2D eigenvalue weighted by Gasteiger charge is 2.63. The Morgan fingerprint density at radius 3 is 1.41 bits per heavy atom. The predicted octanol–water partition coefficient (Wildman–Crippen LogP) is -16.6. The number of hydrogen-bond acceptors (Lipinski definition) is 39. The Morgan fingerprint density at radius 2 is 0.929 bits per heavy atom. The first kappa shape index (κ1) is 82.7. The van der Waals surface area contributed by atoms with Gasteiger partial charge in [0, 0.05) is 33.6 Å². The van der Waals surface area contributed by atoms with Crippen LogP contribution in [0.1, 0.15) is 40.5 Å². The summed E-state index contributed by atoms with van der Waals surface area (Å²) in [5.74, 6) is -14.2. The summed E-state index contributed by atoms with van der Waals surface area (Å²) in [6.45, 7) is -4.10. The van der Waals surface area contributed by atoms with Crippen molar-refractivity contribution < 1.29 is 203 Å². The van der Waals surface area contributed by atoms with Crippen LogP contribution in [0.2, 0.25) is 0 Å². The van der Waals surface area contributed by atoms with Gasteiger partial charge < -0.3 is 195 Å². The van der Waals surface area contributed by atoms with Crippen LogP contribution in [0.4, 0.5) is 0 Å². The molecule has 0 aliphatic carbocycles. The number of carboxylic acid groups (broad SMARTS) is 2. The van der Waals surface area contributed by atoms with Gasteiger partial charge in [-0.2, -0.15) is 0 Å². The van der Waals surface area contributed by atoms with Crippen LogP contribution in [0.3, 0.4) is 0 Å². The highest BCUT2D eigenvalue weighted by Crippen LogP contribution is 2.42. The maximum Gasteiger partial charge on any atom is 0.364 e. The van der Waals surface area contributed by atoms with Crippen LogP contribution in [0.15, 0.2) is 0 Å². The highest BCUT2D eigenvalue weighted by atomic mass is 16.8. The molecule has 26 N–H and O–H groups in total. The Hall–Kier alpha value is -4.30. The summed E-state index contributed by atoms with van der Waals surface area (Å²) in [6, 6.07) is -5.96. The second kappa shape index (κ2) is 35.3. The van der Waals surface area contributed by atoms with Crippen molar-refractivity contribution in [1.29, 1.82) is 0 Å². The van der Waals surface area contributed by atoms with Gasteiger partial charge in [0.1, 0.15) is 153 Å². The zero-order valence-electron chi connectivity index (χ0n) is 52.5. The van der Waals surface area contributed by atoms with Crippen molar-refractivity contribution in [3.63, 3.8) is 0 Å². The number of carbonyl (C=O) groups is 6. The van der Waals surface area contributed by atoms with Crippen molar-refractivity contribution in [2.75, 3.05) is 39.6 Å². The van der Waals surface area contributed by atoms with E-state index in [9.17, 15) is 146 Å². The molecule has 98 heavy (non-hydrogen) atoms. The Morgan fingerprint density at radius 1 is 0.500 bits per heavy atom. The fourth-order valence-corrected chi connectivity index (χ4v) is 12.0. The van der Waals surface area contributed by atoms with Crippen molar-refractivity contribution in [3.05, 3.63) is 0 Å². The monoisotopic (exact) mass is 1440 g/mol. The third-order valence-corrected chi connectivity index (χ3v) is 17.2. The molecule has 0 bridgehead atoms. The molecule has 6 fully saturated rings. The number of rotatable bonds is 31. The van der Waals surface area contributed by atoms with Gasteiger partial charge in [0.2, 0.25) is 17.7 Å². The minimum Gasteiger partial charge on any atom is -0.477 e. The fourth-order valence-electron chi connectivity index (χ4n) is 12.0. The molecule has 0 spiro atoms. The number of aliphatic hydroxyl groups excluding tert-OH is 21.